The smallest absolute Gasteiger partial charge is 0.338 e. The number of fused-ring (bicyclic) bond motifs is 1. The molecule has 0 saturated carbocycles. The molecule has 0 saturated heterocycles. The van der Waals surface area contributed by atoms with E-state index < -0.39 is 5.97 Å². The number of aromatic nitrogens is 6. The Kier molecular flexibility index (Phi) is 3.21. The first-order valence-electron chi connectivity index (χ1n) is 7.35. The van der Waals surface area contributed by atoms with Crippen molar-refractivity contribution in [1.82, 2.24) is 29.5 Å². The molecule has 0 spiro atoms. The van der Waals surface area contributed by atoms with Gasteiger partial charge in [0.2, 0.25) is 5.95 Å². The van der Waals surface area contributed by atoms with Gasteiger partial charge in [-0.2, -0.15) is 10.2 Å². The Morgan fingerprint density at radius 3 is 2.68 bits per heavy atom. The molecule has 0 unspecified atom stereocenters. The number of rotatable bonds is 3. The highest BCUT2D eigenvalue weighted by atomic mass is 16.4. The lowest BCUT2D eigenvalue weighted by Crippen LogP contribution is -2.15. The zero-order valence-corrected chi connectivity index (χ0v) is 13.0. The Morgan fingerprint density at radius 2 is 2.00 bits per heavy atom. The quantitative estimate of drug-likeness (QED) is 0.580. The van der Waals surface area contributed by atoms with Crippen LogP contribution in [0.15, 0.2) is 47.5 Å². The van der Waals surface area contributed by atoms with Crippen LogP contribution < -0.4 is 5.56 Å². The van der Waals surface area contributed by atoms with Crippen molar-refractivity contribution >= 4 is 17.0 Å². The molecule has 0 bridgehead atoms. The van der Waals surface area contributed by atoms with Crippen molar-refractivity contribution in [2.24, 2.45) is 7.05 Å². The van der Waals surface area contributed by atoms with E-state index in [0.29, 0.717) is 16.7 Å². The van der Waals surface area contributed by atoms with Crippen LogP contribution in [-0.2, 0) is 7.05 Å². The van der Waals surface area contributed by atoms with Crippen LogP contribution in [-0.4, -0.2) is 40.6 Å². The second kappa shape index (κ2) is 5.41. The number of aryl methyl sites for hydroxylation is 1. The van der Waals surface area contributed by atoms with Crippen molar-refractivity contribution in [3.05, 3.63) is 58.6 Å². The molecule has 0 atom stereocenters. The molecule has 2 N–H and O–H groups in total. The SMILES string of the molecule is Cn1nc(-c2ccccc2)c2nc(-n3cc(C(=O)O)cn3)[nH]c(=O)c21. The molecule has 0 aliphatic carbocycles. The fourth-order valence-electron chi connectivity index (χ4n) is 2.62. The summed E-state index contributed by atoms with van der Waals surface area (Å²) >= 11 is 0. The van der Waals surface area contributed by atoms with Crippen molar-refractivity contribution < 1.29 is 9.90 Å². The van der Waals surface area contributed by atoms with Crippen LogP contribution in [0.25, 0.3) is 28.2 Å². The Balaban J connectivity index is 1.96. The largest absolute Gasteiger partial charge is 0.478 e. The lowest BCUT2D eigenvalue weighted by atomic mass is 10.1. The van der Waals surface area contributed by atoms with E-state index in [1.807, 2.05) is 30.3 Å². The molecule has 25 heavy (non-hydrogen) atoms. The summed E-state index contributed by atoms with van der Waals surface area (Å²) in [6.07, 6.45) is 2.47. The van der Waals surface area contributed by atoms with Crippen molar-refractivity contribution in [2.45, 2.75) is 0 Å². The van der Waals surface area contributed by atoms with Crippen LogP contribution in [0.2, 0.25) is 0 Å². The standard InChI is InChI=1S/C16H12N6O3/c1-21-13-12(11(20-21)9-5-3-2-4-6-9)18-16(19-14(13)23)22-8-10(7-17-22)15(24)25/h2-8H,1H3,(H,24,25)(H,18,19,23). The van der Waals surface area contributed by atoms with E-state index in [4.69, 9.17) is 5.11 Å². The monoisotopic (exact) mass is 336 g/mol. The van der Waals surface area contributed by atoms with Gasteiger partial charge in [-0.3, -0.25) is 14.5 Å². The Hall–Kier alpha value is -3.75. The van der Waals surface area contributed by atoms with Gasteiger partial charge in [-0.1, -0.05) is 30.3 Å². The molecule has 0 aliphatic heterocycles. The maximum atomic E-state index is 12.5. The third-order valence-corrected chi connectivity index (χ3v) is 3.77. The van der Waals surface area contributed by atoms with Gasteiger partial charge in [0, 0.05) is 18.8 Å². The summed E-state index contributed by atoms with van der Waals surface area (Å²) in [5, 5.41) is 17.3. The van der Waals surface area contributed by atoms with E-state index in [2.05, 4.69) is 20.2 Å². The van der Waals surface area contributed by atoms with Crippen molar-refractivity contribution in [3.8, 4) is 17.2 Å². The number of carboxylic acid groups (broad SMARTS) is 1. The number of aromatic carboxylic acids is 1. The highest BCUT2D eigenvalue weighted by Crippen LogP contribution is 2.24. The number of benzene rings is 1. The minimum Gasteiger partial charge on any atom is -0.478 e. The molecule has 3 aromatic heterocycles. The van der Waals surface area contributed by atoms with Gasteiger partial charge in [0.05, 0.1) is 11.8 Å². The van der Waals surface area contributed by atoms with Gasteiger partial charge in [0.15, 0.2) is 5.52 Å². The maximum Gasteiger partial charge on any atom is 0.338 e. The number of carboxylic acids is 1. The Morgan fingerprint density at radius 1 is 1.24 bits per heavy atom. The minimum atomic E-state index is -1.11. The van der Waals surface area contributed by atoms with Crippen LogP contribution in [0, 0.1) is 0 Å². The van der Waals surface area contributed by atoms with Crippen molar-refractivity contribution in [2.75, 3.05) is 0 Å². The first-order valence-corrected chi connectivity index (χ1v) is 7.35. The summed E-state index contributed by atoms with van der Waals surface area (Å²) in [6, 6.07) is 9.38. The summed E-state index contributed by atoms with van der Waals surface area (Å²) in [5.74, 6) is -0.990. The third-order valence-electron chi connectivity index (χ3n) is 3.77. The second-order valence-corrected chi connectivity index (χ2v) is 5.40. The number of aromatic amines is 1. The third kappa shape index (κ3) is 2.38. The second-order valence-electron chi connectivity index (χ2n) is 5.40. The van der Waals surface area contributed by atoms with Crippen LogP contribution in [0.5, 0.6) is 0 Å². The highest BCUT2D eigenvalue weighted by Gasteiger charge is 2.17. The van der Waals surface area contributed by atoms with Crippen LogP contribution in [0.1, 0.15) is 10.4 Å². The van der Waals surface area contributed by atoms with E-state index in [9.17, 15) is 9.59 Å². The van der Waals surface area contributed by atoms with Gasteiger partial charge >= 0.3 is 5.97 Å². The number of hydrogen-bond acceptors (Lipinski definition) is 5. The highest BCUT2D eigenvalue weighted by molar-refractivity contribution is 5.90. The van der Waals surface area contributed by atoms with Gasteiger partial charge < -0.3 is 5.11 Å². The minimum absolute atomic E-state index is 0.00258. The molecule has 1 aromatic carbocycles. The van der Waals surface area contributed by atoms with Gasteiger partial charge in [-0.15, -0.1) is 0 Å². The molecule has 124 valence electrons. The van der Waals surface area contributed by atoms with Crippen LogP contribution in [0.4, 0.5) is 0 Å². The summed E-state index contributed by atoms with van der Waals surface area (Å²) in [4.78, 5) is 30.5. The number of hydrogen-bond donors (Lipinski definition) is 2. The number of H-pyrrole nitrogens is 1. The summed E-state index contributed by atoms with van der Waals surface area (Å²) in [5.41, 5.74) is 1.75. The normalized spacial score (nSPS) is 11.1. The van der Waals surface area contributed by atoms with Gasteiger partial charge in [0.1, 0.15) is 11.2 Å². The lowest BCUT2D eigenvalue weighted by Gasteiger charge is -2.01. The molecule has 0 fully saturated rings. The molecular formula is C16H12N6O3. The van der Waals surface area contributed by atoms with Gasteiger partial charge in [0.25, 0.3) is 5.56 Å². The molecule has 3 heterocycles. The average Bonchev–Trinajstić information content (AvgIpc) is 3.21. The maximum absolute atomic E-state index is 12.5. The lowest BCUT2D eigenvalue weighted by molar-refractivity contribution is 0.0697. The van der Waals surface area contributed by atoms with E-state index in [1.165, 1.54) is 21.8 Å². The van der Waals surface area contributed by atoms with E-state index in [1.54, 1.807) is 7.05 Å². The van der Waals surface area contributed by atoms with Crippen LogP contribution in [0.3, 0.4) is 0 Å². The fraction of sp³-hybridized carbons (Fsp3) is 0.0625. The first kappa shape index (κ1) is 14.8. The first-order chi connectivity index (χ1) is 12.0. The zero-order valence-electron chi connectivity index (χ0n) is 13.0. The van der Waals surface area contributed by atoms with Gasteiger partial charge in [-0.05, 0) is 0 Å². The summed E-state index contributed by atoms with van der Waals surface area (Å²) in [6.45, 7) is 0. The topological polar surface area (TPSA) is 119 Å². The molecular weight excluding hydrogens is 324 g/mol. The van der Waals surface area contributed by atoms with E-state index in [-0.39, 0.29) is 17.1 Å². The summed E-state index contributed by atoms with van der Waals surface area (Å²) < 4.78 is 2.69. The van der Waals surface area contributed by atoms with Crippen LogP contribution >= 0.6 is 0 Å². The van der Waals surface area contributed by atoms with Crippen molar-refractivity contribution in [1.29, 1.82) is 0 Å². The average molecular weight is 336 g/mol. The zero-order chi connectivity index (χ0) is 17.6. The Bertz CT molecular complexity index is 1160. The molecule has 4 rings (SSSR count). The molecule has 9 heteroatoms. The number of nitrogens with one attached hydrogen (secondary N) is 1. The fourth-order valence-corrected chi connectivity index (χ4v) is 2.62. The molecule has 0 radical (unpaired) electrons. The Labute approximate surface area is 140 Å². The molecule has 9 nitrogen and oxygen atoms in total. The summed E-state index contributed by atoms with van der Waals surface area (Å²) in [7, 11) is 1.67. The van der Waals surface area contributed by atoms with Crippen molar-refractivity contribution in [3.63, 3.8) is 0 Å². The molecule has 0 aliphatic rings. The van der Waals surface area contributed by atoms with E-state index >= 15 is 0 Å². The van der Waals surface area contributed by atoms with E-state index in [0.717, 1.165) is 5.56 Å². The molecule has 4 aromatic rings. The predicted molar refractivity (Wildman–Crippen MR) is 88.6 cm³/mol. The van der Waals surface area contributed by atoms with Gasteiger partial charge in [-0.25, -0.2) is 14.5 Å². The number of carbonyl (C=O) groups is 1. The predicted octanol–water partition coefficient (Wildman–Crippen LogP) is 1.21. The number of nitrogens with zero attached hydrogens (tertiary/aromatic N) is 5. The molecule has 0 amide bonds.